The van der Waals surface area contributed by atoms with Crippen LogP contribution in [0.3, 0.4) is 0 Å². The highest BCUT2D eigenvalue weighted by Crippen LogP contribution is 2.16. The molecule has 0 aromatic rings. The third-order valence-electron chi connectivity index (χ3n) is 2.06. The third-order valence-corrected chi connectivity index (χ3v) is 2.06. The molecular formula is C12H16O8. The number of rotatable bonds is 7. The molecular weight excluding hydrogens is 272 g/mol. The summed E-state index contributed by atoms with van der Waals surface area (Å²) < 4.78 is 9.18. The van der Waals surface area contributed by atoms with E-state index in [1.165, 1.54) is 6.92 Å². The molecule has 2 N–H and O–H groups in total. The van der Waals surface area contributed by atoms with Crippen LogP contribution < -0.4 is 0 Å². The summed E-state index contributed by atoms with van der Waals surface area (Å²) in [6.07, 6.45) is -2.42. The van der Waals surface area contributed by atoms with E-state index in [4.69, 9.17) is 5.11 Å². The number of carboxylic acids is 1. The predicted octanol–water partition coefficient (Wildman–Crippen LogP) is 0.357. The molecule has 112 valence electrons. The number of hydrogen-bond acceptors (Lipinski definition) is 7. The van der Waals surface area contributed by atoms with Gasteiger partial charge in [-0.1, -0.05) is 0 Å². The van der Waals surface area contributed by atoms with Crippen molar-refractivity contribution in [1.29, 1.82) is 0 Å². The van der Waals surface area contributed by atoms with Crippen molar-refractivity contribution < 1.29 is 38.9 Å². The Hall–Kier alpha value is -2.38. The number of esters is 2. The molecule has 0 aliphatic carbocycles. The van der Waals surface area contributed by atoms with Gasteiger partial charge < -0.3 is 19.7 Å². The fourth-order valence-electron chi connectivity index (χ4n) is 1.35. The van der Waals surface area contributed by atoms with Crippen LogP contribution in [0.25, 0.3) is 0 Å². The largest absolute Gasteiger partial charge is 0.507 e. The molecule has 1 atom stereocenters. The van der Waals surface area contributed by atoms with Crippen LogP contribution in [0.2, 0.25) is 0 Å². The summed E-state index contributed by atoms with van der Waals surface area (Å²) in [5.74, 6) is -5.12. The second kappa shape index (κ2) is 7.93. The molecule has 0 amide bonds. The first-order chi connectivity index (χ1) is 9.20. The number of aliphatic carboxylic acids is 1. The molecule has 0 saturated heterocycles. The van der Waals surface area contributed by atoms with Gasteiger partial charge in [0.2, 0.25) is 0 Å². The van der Waals surface area contributed by atoms with Crippen LogP contribution in [0.15, 0.2) is 11.3 Å². The fourth-order valence-corrected chi connectivity index (χ4v) is 1.35. The average Bonchev–Trinajstić information content (AvgIpc) is 2.26. The summed E-state index contributed by atoms with van der Waals surface area (Å²) in [7, 11) is 0. The second-order valence-corrected chi connectivity index (χ2v) is 3.73. The van der Waals surface area contributed by atoms with E-state index in [0.717, 1.165) is 13.8 Å². The number of hydrogen-bond donors (Lipinski definition) is 2. The van der Waals surface area contributed by atoms with Crippen LogP contribution in [0, 0.1) is 0 Å². The Balaban J connectivity index is 5.58. The molecule has 0 aliphatic heterocycles. The monoisotopic (exact) mass is 288 g/mol. The van der Waals surface area contributed by atoms with Crippen LogP contribution in [-0.2, 0) is 28.7 Å². The minimum absolute atomic E-state index is 0.0416. The summed E-state index contributed by atoms with van der Waals surface area (Å²) in [5, 5.41) is 18.5. The highest BCUT2D eigenvalue weighted by Gasteiger charge is 2.30. The number of Topliss-reactive ketones (excluding diaryl/α,β-unsaturated/α-hetero) is 1. The van der Waals surface area contributed by atoms with Gasteiger partial charge in [-0.15, -0.1) is 0 Å². The molecule has 0 fully saturated rings. The van der Waals surface area contributed by atoms with Gasteiger partial charge in [0, 0.05) is 6.92 Å². The standard InChI is InChI=1S/C12H16O8/c1-4-19-12(18)10(6(2)13)11(17)8(5-9(15)16)20-7(3)14/h8,17H,4-5H2,1-3H3,(H,15,16)/b11-10+/t8-/m0/s1. The smallest absolute Gasteiger partial charge is 0.345 e. The van der Waals surface area contributed by atoms with Crippen molar-refractivity contribution in [2.75, 3.05) is 6.61 Å². The first kappa shape index (κ1) is 17.6. The lowest BCUT2D eigenvalue weighted by atomic mass is 10.1. The molecule has 0 bridgehead atoms. The van der Waals surface area contributed by atoms with E-state index in [2.05, 4.69) is 9.47 Å². The Labute approximate surface area is 115 Å². The van der Waals surface area contributed by atoms with Gasteiger partial charge in [-0.05, 0) is 13.8 Å². The van der Waals surface area contributed by atoms with Gasteiger partial charge in [-0.3, -0.25) is 14.4 Å². The lowest BCUT2D eigenvalue weighted by Crippen LogP contribution is -2.27. The number of carbonyl (C=O) groups is 4. The molecule has 0 heterocycles. The zero-order valence-electron chi connectivity index (χ0n) is 11.3. The average molecular weight is 288 g/mol. The highest BCUT2D eigenvalue weighted by atomic mass is 16.6. The summed E-state index contributed by atoms with van der Waals surface area (Å²) in [4.78, 5) is 44.5. The van der Waals surface area contributed by atoms with Gasteiger partial charge >= 0.3 is 17.9 Å². The molecule has 0 spiro atoms. The fraction of sp³-hybridized carbons (Fsp3) is 0.500. The molecule has 0 rings (SSSR count). The SMILES string of the molecule is CCOC(=O)/C(C(C)=O)=C(/O)[C@H](CC(=O)O)OC(C)=O. The van der Waals surface area contributed by atoms with Gasteiger partial charge in [0.1, 0.15) is 5.57 Å². The van der Waals surface area contributed by atoms with Crippen molar-refractivity contribution in [2.24, 2.45) is 0 Å². The van der Waals surface area contributed by atoms with Crippen LogP contribution in [0.5, 0.6) is 0 Å². The highest BCUT2D eigenvalue weighted by molar-refractivity contribution is 6.16. The number of carboxylic acid groups (broad SMARTS) is 1. The number of ether oxygens (including phenoxy) is 2. The van der Waals surface area contributed by atoms with Crippen LogP contribution in [0.1, 0.15) is 27.2 Å². The van der Waals surface area contributed by atoms with Crippen molar-refractivity contribution in [3.63, 3.8) is 0 Å². The quantitative estimate of drug-likeness (QED) is 0.226. The lowest BCUT2D eigenvalue weighted by molar-refractivity contribution is -0.151. The predicted molar refractivity (Wildman–Crippen MR) is 64.8 cm³/mol. The molecule has 8 nitrogen and oxygen atoms in total. The topological polar surface area (TPSA) is 127 Å². The zero-order valence-corrected chi connectivity index (χ0v) is 11.3. The minimum atomic E-state index is -1.63. The first-order valence-electron chi connectivity index (χ1n) is 5.70. The molecule has 0 radical (unpaired) electrons. The molecule has 0 aliphatic rings. The van der Waals surface area contributed by atoms with E-state index in [9.17, 15) is 24.3 Å². The number of aliphatic hydroxyl groups excluding tert-OH is 1. The van der Waals surface area contributed by atoms with E-state index < -0.39 is 47.5 Å². The summed E-state index contributed by atoms with van der Waals surface area (Å²) in [6, 6.07) is 0. The summed E-state index contributed by atoms with van der Waals surface area (Å²) in [5.41, 5.74) is -0.737. The molecule has 0 aromatic heterocycles. The van der Waals surface area contributed by atoms with E-state index >= 15 is 0 Å². The Morgan fingerprint density at radius 1 is 1.10 bits per heavy atom. The molecule has 20 heavy (non-hydrogen) atoms. The van der Waals surface area contributed by atoms with Crippen molar-refractivity contribution in [2.45, 2.75) is 33.3 Å². The second-order valence-electron chi connectivity index (χ2n) is 3.73. The Kier molecular flexibility index (Phi) is 6.98. The van der Waals surface area contributed by atoms with E-state index in [1.54, 1.807) is 0 Å². The summed E-state index contributed by atoms with van der Waals surface area (Å²) in [6.45, 7) is 3.45. The Morgan fingerprint density at radius 3 is 2.00 bits per heavy atom. The number of aliphatic hydroxyl groups is 1. The van der Waals surface area contributed by atoms with Crippen molar-refractivity contribution in [3.8, 4) is 0 Å². The van der Waals surface area contributed by atoms with E-state index in [0.29, 0.717) is 0 Å². The zero-order chi connectivity index (χ0) is 15.9. The maximum Gasteiger partial charge on any atom is 0.345 e. The molecule has 0 unspecified atom stereocenters. The Morgan fingerprint density at radius 2 is 1.65 bits per heavy atom. The van der Waals surface area contributed by atoms with Gasteiger partial charge in [-0.25, -0.2) is 4.79 Å². The van der Waals surface area contributed by atoms with Crippen molar-refractivity contribution in [3.05, 3.63) is 11.3 Å². The van der Waals surface area contributed by atoms with E-state index in [-0.39, 0.29) is 6.61 Å². The maximum absolute atomic E-state index is 11.6. The van der Waals surface area contributed by atoms with Gasteiger partial charge in [0.25, 0.3) is 0 Å². The lowest BCUT2D eigenvalue weighted by Gasteiger charge is -2.16. The number of ketones is 1. The van der Waals surface area contributed by atoms with Crippen LogP contribution >= 0.6 is 0 Å². The normalized spacial score (nSPS) is 12.9. The van der Waals surface area contributed by atoms with E-state index in [1.807, 2.05) is 0 Å². The maximum atomic E-state index is 11.6. The Bertz CT molecular complexity index is 432. The summed E-state index contributed by atoms with van der Waals surface area (Å²) >= 11 is 0. The van der Waals surface area contributed by atoms with Gasteiger partial charge in [-0.2, -0.15) is 0 Å². The van der Waals surface area contributed by atoms with Crippen LogP contribution in [0.4, 0.5) is 0 Å². The molecule has 0 aromatic carbocycles. The molecule has 0 saturated carbocycles. The van der Waals surface area contributed by atoms with Crippen LogP contribution in [-0.4, -0.2) is 46.6 Å². The van der Waals surface area contributed by atoms with Crippen molar-refractivity contribution in [1.82, 2.24) is 0 Å². The van der Waals surface area contributed by atoms with Crippen molar-refractivity contribution >= 4 is 23.7 Å². The minimum Gasteiger partial charge on any atom is -0.507 e. The number of carbonyl (C=O) groups excluding carboxylic acids is 3. The third kappa shape index (κ3) is 5.51. The molecule has 8 heteroatoms. The van der Waals surface area contributed by atoms with Gasteiger partial charge in [0.05, 0.1) is 13.0 Å². The first-order valence-corrected chi connectivity index (χ1v) is 5.70. The van der Waals surface area contributed by atoms with Gasteiger partial charge in [0.15, 0.2) is 17.6 Å².